The van der Waals surface area contributed by atoms with Gasteiger partial charge in [-0.3, -0.25) is 14.4 Å². The number of aromatic nitrogens is 1. The van der Waals surface area contributed by atoms with E-state index < -0.39 is 72.2 Å². The summed E-state index contributed by atoms with van der Waals surface area (Å²) in [4.78, 5) is 70.0. The lowest BCUT2D eigenvalue weighted by Gasteiger charge is -2.29. The number of methoxy groups -OCH3 is 1. The van der Waals surface area contributed by atoms with Crippen LogP contribution in [0.3, 0.4) is 0 Å². The van der Waals surface area contributed by atoms with E-state index in [4.69, 9.17) is 46.9 Å². The number of nitrogens with one attached hydrogen (secondary N) is 1. The molecule has 1 saturated heterocycles. The van der Waals surface area contributed by atoms with Crippen LogP contribution in [-0.2, 0) is 35.0 Å². The monoisotopic (exact) mass is 686 g/mol. The van der Waals surface area contributed by atoms with Crippen LogP contribution in [0.25, 0.3) is 0 Å². The van der Waals surface area contributed by atoms with Crippen LogP contribution in [0.15, 0.2) is 60.8 Å². The lowest BCUT2D eigenvalue weighted by molar-refractivity contribution is -0.176. The van der Waals surface area contributed by atoms with Crippen molar-refractivity contribution in [3.05, 3.63) is 87.7 Å². The number of benzene rings is 2. The van der Waals surface area contributed by atoms with Crippen LogP contribution < -0.4 is 14.8 Å². The van der Waals surface area contributed by atoms with Crippen molar-refractivity contribution in [3.63, 3.8) is 0 Å². The topological polar surface area (TPSA) is 156 Å². The molecule has 4 atom stereocenters. The highest BCUT2D eigenvalue weighted by Crippen LogP contribution is 2.32. The van der Waals surface area contributed by atoms with Gasteiger partial charge in [-0.15, -0.1) is 0 Å². The molecule has 0 bridgehead atoms. The van der Waals surface area contributed by atoms with Crippen molar-refractivity contribution in [3.8, 4) is 11.5 Å². The summed E-state index contributed by atoms with van der Waals surface area (Å²) in [7, 11) is 1.29. The van der Waals surface area contributed by atoms with Gasteiger partial charge in [-0.25, -0.2) is 14.6 Å². The first-order valence-corrected chi connectivity index (χ1v) is 15.3. The van der Waals surface area contributed by atoms with Crippen molar-refractivity contribution in [2.24, 2.45) is 11.8 Å². The minimum absolute atomic E-state index is 0.0192. The Morgan fingerprint density at radius 3 is 2.40 bits per heavy atom. The molecule has 0 radical (unpaired) electrons. The van der Waals surface area contributed by atoms with Crippen LogP contribution in [0.4, 0.5) is 0 Å². The van der Waals surface area contributed by atoms with Crippen LogP contribution in [0.5, 0.6) is 11.5 Å². The number of nitrogens with zero attached hydrogens (tertiary/aromatic N) is 1. The Bertz CT molecular complexity index is 1650. The number of amides is 1. The van der Waals surface area contributed by atoms with E-state index >= 15 is 0 Å². The molecule has 1 N–H and O–H groups in total. The van der Waals surface area contributed by atoms with Crippen molar-refractivity contribution in [2.75, 3.05) is 13.7 Å². The first-order valence-electron chi connectivity index (χ1n) is 14.5. The molecule has 3 aromatic rings. The van der Waals surface area contributed by atoms with Gasteiger partial charge in [-0.1, -0.05) is 67.4 Å². The number of esters is 4. The summed E-state index contributed by atoms with van der Waals surface area (Å²) in [6.07, 6.45) is -0.948. The fourth-order valence-electron chi connectivity index (χ4n) is 4.60. The van der Waals surface area contributed by atoms with E-state index in [1.165, 1.54) is 44.5 Å². The van der Waals surface area contributed by atoms with Crippen LogP contribution in [0, 0.1) is 11.8 Å². The molecule has 1 amide bonds. The second kappa shape index (κ2) is 15.7. The van der Waals surface area contributed by atoms with E-state index in [9.17, 15) is 24.0 Å². The Kier molecular flexibility index (Phi) is 11.8. The number of halogens is 2. The number of rotatable bonds is 9. The second-order valence-corrected chi connectivity index (χ2v) is 11.7. The molecule has 47 heavy (non-hydrogen) atoms. The highest BCUT2D eigenvalue weighted by atomic mass is 35.5. The fraction of sp³-hybridized carbons (Fsp3) is 0.333. The molecule has 248 valence electrons. The smallest absolute Gasteiger partial charge is 0.343 e. The molecule has 0 spiro atoms. The molecule has 14 heteroatoms. The van der Waals surface area contributed by atoms with E-state index in [-0.39, 0.29) is 33.5 Å². The fourth-order valence-corrected chi connectivity index (χ4v) is 4.90. The van der Waals surface area contributed by atoms with Crippen LogP contribution in [-0.4, -0.2) is 66.7 Å². The summed E-state index contributed by atoms with van der Waals surface area (Å²) in [5, 5.41) is 2.76. The zero-order valence-corrected chi connectivity index (χ0v) is 27.4. The van der Waals surface area contributed by atoms with Crippen molar-refractivity contribution >= 4 is 53.0 Å². The maximum atomic E-state index is 13.5. The Labute approximate surface area is 280 Å². The van der Waals surface area contributed by atoms with Gasteiger partial charge in [-0.05, 0) is 37.1 Å². The molecule has 12 nitrogen and oxygen atoms in total. The summed E-state index contributed by atoms with van der Waals surface area (Å²) < 4.78 is 27.6. The first kappa shape index (κ1) is 35.2. The normalized spacial score (nSPS) is 19.7. The standard InChI is InChI=1S/C33H32Cl2N2O10/c1-17(2)30(39)46-27-18(3)45-33(42)24(16-44-32(41)21(27)14-19-8-6-5-7-9-19)37-29(38)26-28(25(43-4)12-13-36-26)47-31(40)20-10-11-22(34)23(35)15-20/h5-13,15,17-18,21,24,27H,14,16H2,1-4H3,(H,37,38). The second-order valence-electron chi connectivity index (χ2n) is 10.9. The van der Waals surface area contributed by atoms with E-state index in [1.807, 2.05) is 6.07 Å². The van der Waals surface area contributed by atoms with Gasteiger partial charge in [-0.2, -0.15) is 0 Å². The van der Waals surface area contributed by atoms with Crippen molar-refractivity contribution in [1.29, 1.82) is 0 Å². The highest BCUT2D eigenvalue weighted by molar-refractivity contribution is 6.42. The molecule has 2 aromatic carbocycles. The van der Waals surface area contributed by atoms with Gasteiger partial charge in [0, 0.05) is 12.3 Å². The van der Waals surface area contributed by atoms with E-state index in [0.29, 0.717) is 0 Å². The van der Waals surface area contributed by atoms with Gasteiger partial charge in [0.05, 0.1) is 28.6 Å². The predicted octanol–water partition coefficient (Wildman–Crippen LogP) is 4.63. The zero-order valence-electron chi connectivity index (χ0n) is 25.9. The van der Waals surface area contributed by atoms with Crippen LogP contribution in [0.2, 0.25) is 10.0 Å². The third-order valence-corrected chi connectivity index (χ3v) is 7.86. The molecule has 4 unspecified atom stereocenters. The molecule has 1 aliphatic heterocycles. The summed E-state index contributed by atoms with van der Waals surface area (Å²) in [5.41, 5.74) is 0.361. The number of hydrogen-bond acceptors (Lipinski definition) is 11. The quantitative estimate of drug-likeness (QED) is 0.247. The SMILES string of the molecule is COc1ccnc(C(=O)NC2COC(=O)C(Cc3ccccc3)C(OC(=O)C(C)C)C(C)OC2=O)c1OC(=O)c1ccc(Cl)c(Cl)c1. The predicted molar refractivity (Wildman–Crippen MR) is 168 cm³/mol. The van der Waals surface area contributed by atoms with Gasteiger partial charge in [0.1, 0.15) is 18.6 Å². The van der Waals surface area contributed by atoms with Crippen LogP contribution in [0.1, 0.15) is 47.2 Å². The molecule has 1 aromatic heterocycles. The summed E-state index contributed by atoms with van der Waals surface area (Å²) in [5.74, 6) is -6.15. The zero-order chi connectivity index (χ0) is 34.2. The third kappa shape index (κ3) is 8.78. The van der Waals surface area contributed by atoms with Gasteiger partial charge in [0.15, 0.2) is 23.6 Å². The van der Waals surface area contributed by atoms with E-state index in [1.54, 1.807) is 38.1 Å². The molecular formula is C33H32Cl2N2O10. The Balaban J connectivity index is 1.60. The number of hydrogen-bond donors (Lipinski definition) is 1. The summed E-state index contributed by atoms with van der Waals surface area (Å²) >= 11 is 12.0. The van der Waals surface area contributed by atoms with Crippen molar-refractivity contribution in [2.45, 2.75) is 45.4 Å². The maximum absolute atomic E-state index is 13.5. The lowest BCUT2D eigenvalue weighted by Crippen LogP contribution is -2.47. The highest BCUT2D eigenvalue weighted by Gasteiger charge is 2.42. The molecule has 0 aliphatic carbocycles. The number of cyclic esters (lactones) is 2. The molecule has 4 rings (SSSR count). The van der Waals surface area contributed by atoms with Gasteiger partial charge in [0.2, 0.25) is 5.75 Å². The minimum atomic E-state index is -1.52. The molecular weight excluding hydrogens is 655 g/mol. The maximum Gasteiger partial charge on any atom is 0.343 e. The van der Waals surface area contributed by atoms with Crippen molar-refractivity contribution < 1.29 is 47.7 Å². The first-order chi connectivity index (χ1) is 22.4. The average molecular weight is 688 g/mol. The van der Waals surface area contributed by atoms with E-state index in [0.717, 1.165) is 5.56 Å². The summed E-state index contributed by atoms with van der Waals surface area (Å²) in [6, 6.07) is 12.9. The molecule has 0 saturated carbocycles. The van der Waals surface area contributed by atoms with Crippen molar-refractivity contribution in [1.82, 2.24) is 10.3 Å². The largest absolute Gasteiger partial charge is 0.493 e. The third-order valence-electron chi connectivity index (χ3n) is 7.12. The number of pyridine rings is 1. The average Bonchev–Trinajstić information content (AvgIpc) is 3.08. The number of carbonyl (C=O) groups excluding carboxylic acids is 5. The molecule has 1 fully saturated rings. The lowest BCUT2D eigenvalue weighted by atomic mass is 9.91. The number of carbonyl (C=O) groups is 5. The van der Waals surface area contributed by atoms with E-state index in [2.05, 4.69) is 10.3 Å². The molecule has 1 aliphatic rings. The van der Waals surface area contributed by atoms with Gasteiger partial charge < -0.3 is 29.0 Å². The summed E-state index contributed by atoms with van der Waals surface area (Å²) in [6.45, 7) is 4.13. The molecule has 2 heterocycles. The number of ether oxygens (including phenoxy) is 5. The Hall–Kier alpha value is -4.68. The van der Waals surface area contributed by atoms with Gasteiger partial charge >= 0.3 is 23.9 Å². The van der Waals surface area contributed by atoms with Crippen LogP contribution >= 0.6 is 23.2 Å². The Morgan fingerprint density at radius 1 is 1.02 bits per heavy atom. The minimum Gasteiger partial charge on any atom is -0.493 e. The van der Waals surface area contributed by atoms with Gasteiger partial charge in [0.25, 0.3) is 5.91 Å². The Morgan fingerprint density at radius 2 is 1.74 bits per heavy atom.